The van der Waals surface area contributed by atoms with Crippen molar-refractivity contribution in [3.63, 3.8) is 0 Å². The molecule has 0 aliphatic carbocycles. The van der Waals surface area contributed by atoms with Crippen molar-refractivity contribution < 1.29 is 23.1 Å². The van der Waals surface area contributed by atoms with Crippen LogP contribution in [0, 0.1) is 13.8 Å². The number of H-pyrrole nitrogens is 1. The van der Waals surface area contributed by atoms with Crippen LogP contribution in [-0.2, 0) is 4.79 Å². The van der Waals surface area contributed by atoms with E-state index in [0.717, 1.165) is 16.6 Å². The smallest absolute Gasteiger partial charge is 0.475 e. The Labute approximate surface area is 111 Å². The number of aromatic amines is 1. The molecule has 20 heavy (non-hydrogen) atoms. The fourth-order valence-electron chi connectivity index (χ4n) is 1.31. The predicted molar refractivity (Wildman–Crippen MR) is 65.5 cm³/mol. The molecule has 108 valence electrons. The lowest BCUT2D eigenvalue weighted by molar-refractivity contribution is -0.192. The average molecular weight is 288 g/mol. The number of nitrogens with zero attached hydrogens (tertiary/aromatic N) is 1. The van der Waals surface area contributed by atoms with E-state index in [0.29, 0.717) is 5.52 Å². The maximum absolute atomic E-state index is 11.3. The molecule has 2 N–H and O–H groups in total. The topological polar surface area (TPSA) is 83.0 Å². The van der Waals surface area contributed by atoms with Crippen molar-refractivity contribution in [2.75, 3.05) is 0 Å². The van der Waals surface area contributed by atoms with Crippen LogP contribution < -0.4 is 5.56 Å². The molecule has 2 heterocycles. The number of carboxylic acids is 1. The fourth-order valence-corrected chi connectivity index (χ4v) is 1.31. The van der Waals surface area contributed by atoms with E-state index < -0.39 is 12.1 Å². The lowest BCUT2D eigenvalue weighted by atomic mass is 10.1. The second kappa shape index (κ2) is 5.72. The average Bonchev–Trinajstić information content (AvgIpc) is 2.31. The van der Waals surface area contributed by atoms with Gasteiger partial charge in [-0.2, -0.15) is 13.2 Å². The summed E-state index contributed by atoms with van der Waals surface area (Å²) in [5.74, 6) is -2.76. The number of hydrogen-bond acceptors (Lipinski definition) is 3. The van der Waals surface area contributed by atoms with Gasteiger partial charge in [-0.25, -0.2) is 9.78 Å². The monoisotopic (exact) mass is 288 g/mol. The minimum atomic E-state index is -5.08. The van der Waals surface area contributed by atoms with E-state index in [1.165, 1.54) is 0 Å². The number of pyridine rings is 2. The van der Waals surface area contributed by atoms with Crippen LogP contribution in [-0.4, -0.2) is 27.2 Å². The van der Waals surface area contributed by atoms with Crippen molar-refractivity contribution in [2.24, 2.45) is 0 Å². The highest BCUT2D eigenvalue weighted by Crippen LogP contribution is 2.13. The number of rotatable bonds is 0. The van der Waals surface area contributed by atoms with Crippen LogP contribution in [0.2, 0.25) is 0 Å². The first-order chi connectivity index (χ1) is 9.12. The van der Waals surface area contributed by atoms with Gasteiger partial charge in [0.05, 0.1) is 0 Å². The molecule has 0 spiro atoms. The fraction of sp³-hybridized carbons (Fsp3) is 0.250. The third-order valence-corrected chi connectivity index (χ3v) is 2.43. The molecule has 0 saturated heterocycles. The van der Waals surface area contributed by atoms with Gasteiger partial charge in [0.1, 0.15) is 5.52 Å². The Morgan fingerprint density at radius 1 is 1.35 bits per heavy atom. The number of aryl methyl sites for hydroxylation is 2. The molecule has 5 nitrogen and oxygen atoms in total. The molecule has 2 aromatic rings. The van der Waals surface area contributed by atoms with E-state index in [1.807, 2.05) is 26.0 Å². The molecule has 0 fully saturated rings. The molecule has 0 aliphatic rings. The Morgan fingerprint density at radius 3 is 2.40 bits per heavy atom. The Bertz CT molecular complexity index is 692. The van der Waals surface area contributed by atoms with E-state index in [2.05, 4.69) is 9.97 Å². The number of aliphatic carboxylic acids is 1. The number of carbonyl (C=O) groups is 1. The molecule has 2 aromatic heterocycles. The Hall–Kier alpha value is -2.38. The highest BCUT2D eigenvalue weighted by molar-refractivity contribution is 5.78. The van der Waals surface area contributed by atoms with Crippen molar-refractivity contribution in [3.8, 4) is 0 Å². The summed E-state index contributed by atoms with van der Waals surface area (Å²) >= 11 is 0. The second-order valence-corrected chi connectivity index (χ2v) is 3.94. The van der Waals surface area contributed by atoms with Crippen LogP contribution in [0.4, 0.5) is 13.2 Å². The predicted octanol–water partition coefficient (Wildman–Crippen LogP) is 2.17. The van der Waals surface area contributed by atoms with Crippen molar-refractivity contribution in [1.82, 2.24) is 9.97 Å². The van der Waals surface area contributed by atoms with Crippen molar-refractivity contribution in [1.29, 1.82) is 0 Å². The van der Waals surface area contributed by atoms with E-state index in [-0.39, 0.29) is 5.56 Å². The molecule has 0 amide bonds. The van der Waals surface area contributed by atoms with Gasteiger partial charge in [0.25, 0.3) is 5.56 Å². The van der Waals surface area contributed by atoms with Gasteiger partial charge in [-0.15, -0.1) is 0 Å². The van der Waals surface area contributed by atoms with Crippen LogP contribution in [0.1, 0.15) is 11.3 Å². The van der Waals surface area contributed by atoms with E-state index >= 15 is 0 Å². The van der Waals surface area contributed by atoms with E-state index in [9.17, 15) is 18.0 Å². The molecule has 2 rings (SSSR count). The lowest BCUT2D eigenvalue weighted by Gasteiger charge is -2.00. The van der Waals surface area contributed by atoms with Gasteiger partial charge in [-0.3, -0.25) is 4.79 Å². The minimum Gasteiger partial charge on any atom is -0.475 e. The first-order valence-corrected chi connectivity index (χ1v) is 5.38. The minimum absolute atomic E-state index is 0.124. The van der Waals surface area contributed by atoms with Gasteiger partial charge in [0.15, 0.2) is 0 Å². The molecular formula is C12H11F3N2O3. The summed E-state index contributed by atoms with van der Waals surface area (Å²) in [6, 6.07) is 3.84. The summed E-state index contributed by atoms with van der Waals surface area (Å²) in [4.78, 5) is 27.1. The van der Waals surface area contributed by atoms with Crippen LogP contribution in [0.3, 0.4) is 0 Å². The largest absolute Gasteiger partial charge is 0.490 e. The maximum Gasteiger partial charge on any atom is 0.490 e. The second-order valence-electron chi connectivity index (χ2n) is 3.94. The molecule has 0 bridgehead atoms. The van der Waals surface area contributed by atoms with Crippen LogP contribution in [0.5, 0.6) is 0 Å². The van der Waals surface area contributed by atoms with Gasteiger partial charge in [0, 0.05) is 17.3 Å². The van der Waals surface area contributed by atoms with Gasteiger partial charge < -0.3 is 10.1 Å². The summed E-state index contributed by atoms with van der Waals surface area (Å²) in [6.07, 6.45) is -3.44. The van der Waals surface area contributed by atoms with E-state index in [4.69, 9.17) is 9.90 Å². The summed E-state index contributed by atoms with van der Waals surface area (Å²) in [7, 11) is 0. The number of alkyl halides is 3. The molecule has 8 heteroatoms. The first kappa shape index (κ1) is 15.7. The third kappa shape index (κ3) is 3.81. The molecule has 0 aliphatic heterocycles. The summed E-state index contributed by atoms with van der Waals surface area (Å²) in [6.45, 7) is 3.89. The molecule has 0 radical (unpaired) electrons. The number of halogens is 3. The number of fused-ring (bicyclic) bond motifs is 1. The lowest BCUT2D eigenvalue weighted by Crippen LogP contribution is -2.21. The maximum atomic E-state index is 11.3. The SMILES string of the molecule is Cc1cc2cc[nH]c(=O)c2nc1C.O=C(O)C(F)(F)F. The Balaban J connectivity index is 0.000000246. The molecule has 0 unspecified atom stereocenters. The zero-order valence-electron chi connectivity index (χ0n) is 10.6. The van der Waals surface area contributed by atoms with Crippen molar-refractivity contribution in [3.05, 3.63) is 39.9 Å². The highest BCUT2D eigenvalue weighted by Gasteiger charge is 2.38. The Kier molecular flexibility index (Phi) is 4.49. The number of nitrogens with one attached hydrogen (secondary N) is 1. The molecule has 0 saturated carbocycles. The van der Waals surface area contributed by atoms with Gasteiger partial charge in [0.2, 0.25) is 0 Å². The zero-order chi connectivity index (χ0) is 15.5. The number of aromatic nitrogens is 2. The standard InChI is InChI=1S/C10H10N2O.C2HF3O2/c1-6-5-8-3-4-11-10(13)9(8)12-7(6)2;3-2(4,5)1(6)7/h3-5H,1-2H3,(H,11,13);(H,6,7). The van der Waals surface area contributed by atoms with Gasteiger partial charge in [-0.05, 0) is 31.5 Å². The van der Waals surface area contributed by atoms with Crippen LogP contribution in [0.25, 0.3) is 10.9 Å². The molecular weight excluding hydrogens is 277 g/mol. The first-order valence-electron chi connectivity index (χ1n) is 5.38. The quantitative estimate of drug-likeness (QED) is 0.778. The van der Waals surface area contributed by atoms with Gasteiger partial charge >= 0.3 is 12.1 Å². The van der Waals surface area contributed by atoms with Crippen LogP contribution >= 0.6 is 0 Å². The third-order valence-electron chi connectivity index (χ3n) is 2.43. The highest BCUT2D eigenvalue weighted by atomic mass is 19.4. The van der Waals surface area contributed by atoms with Crippen molar-refractivity contribution in [2.45, 2.75) is 20.0 Å². The van der Waals surface area contributed by atoms with Crippen LogP contribution in [0.15, 0.2) is 23.1 Å². The normalized spacial score (nSPS) is 10.8. The summed E-state index contributed by atoms with van der Waals surface area (Å²) in [5, 5.41) is 8.02. The Morgan fingerprint density at radius 2 is 1.90 bits per heavy atom. The number of hydrogen-bond donors (Lipinski definition) is 2. The summed E-state index contributed by atoms with van der Waals surface area (Å²) < 4.78 is 31.7. The van der Waals surface area contributed by atoms with Gasteiger partial charge in [-0.1, -0.05) is 0 Å². The van der Waals surface area contributed by atoms with Crippen molar-refractivity contribution >= 4 is 16.9 Å². The molecule has 0 aromatic carbocycles. The molecule has 0 atom stereocenters. The van der Waals surface area contributed by atoms with E-state index in [1.54, 1.807) is 6.20 Å². The number of carboxylic acid groups (broad SMARTS) is 1. The summed E-state index contributed by atoms with van der Waals surface area (Å²) in [5.41, 5.74) is 2.41. The zero-order valence-corrected chi connectivity index (χ0v) is 10.6.